The minimum atomic E-state index is -0.375. The van der Waals surface area contributed by atoms with Crippen molar-refractivity contribution in [1.82, 2.24) is 15.1 Å². The van der Waals surface area contributed by atoms with E-state index >= 15 is 0 Å². The van der Waals surface area contributed by atoms with Crippen LogP contribution in [0.2, 0.25) is 10.0 Å². The lowest BCUT2D eigenvalue weighted by atomic mass is 10.1. The van der Waals surface area contributed by atoms with E-state index in [2.05, 4.69) is 15.7 Å². The van der Waals surface area contributed by atoms with Gasteiger partial charge < -0.3 is 10.6 Å². The number of carbonyl (C=O) groups excluding carboxylic acids is 1. The maximum absolute atomic E-state index is 11.8. The van der Waals surface area contributed by atoms with Gasteiger partial charge in [0.15, 0.2) is 0 Å². The van der Waals surface area contributed by atoms with Gasteiger partial charge in [0.05, 0.1) is 21.4 Å². The van der Waals surface area contributed by atoms with E-state index in [1.54, 1.807) is 30.1 Å². The van der Waals surface area contributed by atoms with Gasteiger partial charge in [-0.3, -0.25) is 4.79 Å². The van der Waals surface area contributed by atoms with Crippen LogP contribution in [0.1, 0.15) is 17.3 Å². The van der Waals surface area contributed by atoms with Crippen molar-refractivity contribution in [3.05, 3.63) is 39.6 Å². The van der Waals surface area contributed by atoms with Crippen LogP contribution in [0.4, 0.5) is 5.69 Å². The predicted molar refractivity (Wildman–Crippen MR) is 78.8 cm³/mol. The molecule has 1 atom stereocenters. The van der Waals surface area contributed by atoms with Gasteiger partial charge in [-0.25, -0.2) is 4.68 Å². The van der Waals surface area contributed by atoms with Gasteiger partial charge in [0, 0.05) is 17.4 Å². The average Bonchev–Trinajstić information content (AvgIpc) is 2.88. The molecule has 1 aliphatic heterocycles. The molecule has 1 unspecified atom stereocenters. The van der Waals surface area contributed by atoms with Crippen LogP contribution in [0.25, 0.3) is 5.69 Å². The molecule has 1 aromatic carbocycles. The van der Waals surface area contributed by atoms with E-state index in [1.807, 2.05) is 6.92 Å². The van der Waals surface area contributed by atoms with Crippen LogP contribution in [0.3, 0.4) is 0 Å². The number of hydrogen-bond acceptors (Lipinski definition) is 3. The van der Waals surface area contributed by atoms with Gasteiger partial charge in [-0.2, -0.15) is 5.10 Å². The Morgan fingerprint density at radius 1 is 1.35 bits per heavy atom. The third-order valence-corrected chi connectivity index (χ3v) is 4.00. The molecule has 0 fully saturated rings. The number of nitrogens with one attached hydrogen (secondary N) is 2. The first kappa shape index (κ1) is 13.4. The molecule has 2 heterocycles. The van der Waals surface area contributed by atoms with Crippen LogP contribution < -0.4 is 10.6 Å². The summed E-state index contributed by atoms with van der Waals surface area (Å²) >= 11 is 12.3. The molecule has 1 aliphatic rings. The van der Waals surface area contributed by atoms with Crippen molar-refractivity contribution < 1.29 is 4.79 Å². The van der Waals surface area contributed by atoms with Crippen LogP contribution in [0.5, 0.6) is 0 Å². The number of aryl methyl sites for hydroxylation is 1. The summed E-state index contributed by atoms with van der Waals surface area (Å²) in [5.74, 6) is -0.0922. The summed E-state index contributed by atoms with van der Waals surface area (Å²) in [6.45, 7) is 1.82. The van der Waals surface area contributed by atoms with Crippen molar-refractivity contribution >= 4 is 34.8 Å². The first-order valence-electron chi connectivity index (χ1n) is 6.05. The molecule has 1 amide bonds. The van der Waals surface area contributed by atoms with Gasteiger partial charge in [0.2, 0.25) is 5.91 Å². The van der Waals surface area contributed by atoms with E-state index < -0.39 is 0 Å². The highest BCUT2D eigenvalue weighted by atomic mass is 35.5. The number of hydrogen-bond donors (Lipinski definition) is 2. The Balaban J connectivity index is 2.12. The highest BCUT2D eigenvalue weighted by Crippen LogP contribution is 2.36. The predicted octanol–water partition coefficient (Wildman–Crippen LogP) is 2.70. The standard InChI is InChI=1S/C13H12Cl2N4O/c1-6-9(15)5-19(18-6)11-4-10-7(3-8(11)14)12(16-2)13(20)17-10/h3-5,12,16H,1-2H3,(H,17,20). The Labute approximate surface area is 125 Å². The summed E-state index contributed by atoms with van der Waals surface area (Å²) in [7, 11) is 1.73. The van der Waals surface area contributed by atoms with E-state index in [4.69, 9.17) is 23.2 Å². The number of aromatic nitrogens is 2. The summed E-state index contributed by atoms with van der Waals surface area (Å²) in [6.07, 6.45) is 1.69. The molecular formula is C13H12Cl2N4O. The third-order valence-electron chi connectivity index (χ3n) is 3.32. The van der Waals surface area contributed by atoms with E-state index in [9.17, 15) is 4.79 Å². The zero-order chi connectivity index (χ0) is 14.4. The topological polar surface area (TPSA) is 59.0 Å². The second-order valence-electron chi connectivity index (χ2n) is 4.61. The fourth-order valence-electron chi connectivity index (χ4n) is 2.30. The van der Waals surface area contributed by atoms with Crippen molar-refractivity contribution in [2.75, 3.05) is 12.4 Å². The minimum absolute atomic E-state index is 0.0922. The van der Waals surface area contributed by atoms with E-state index in [1.165, 1.54) is 0 Å². The fourth-order valence-corrected chi connectivity index (χ4v) is 2.68. The summed E-state index contributed by atoms with van der Waals surface area (Å²) in [5, 5.41) is 11.2. The highest BCUT2D eigenvalue weighted by Gasteiger charge is 2.30. The van der Waals surface area contributed by atoms with Crippen LogP contribution >= 0.6 is 23.2 Å². The summed E-state index contributed by atoms with van der Waals surface area (Å²) < 4.78 is 1.61. The first-order chi connectivity index (χ1) is 9.51. The number of nitrogens with zero attached hydrogens (tertiary/aromatic N) is 2. The Hall–Kier alpha value is -1.56. The molecule has 2 aromatic rings. The smallest absolute Gasteiger partial charge is 0.246 e. The number of anilines is 1. The van der Waals surface area contributed by atoms with Gasteiger partial charge in [-0.1, -0.05) is 23.2 Å². The maximum Gasteiger partial charge on any atom is 0.246 e. The van der Waals surface area contributed by atoms with E-state index in [0.29, 0.717) is 15.7 Å². The van der Waals surface area contributed by atoms with Crippen molar-refractivity contribution in [2.24, 2.45) is 0 Å². The molecule has 5 nitrogen and oxygen atoms in total. The molecule has 104 valence electrons. The van der Waals surface area contributed by atoms with E-state index in [-0.39, 0.29) is 11.9 Å². The first-order valence-corrected chi connectivity index (χ1v) is 6.80. The Kier molecular flexibility index (Phi) is 3.20. The lowest BCUT2D eigenvalue weighted by Crippen LogP contribution is -2.23. The molecule has 0 bridgehead atoms. The number of rotatable bonds is 2. The number of amides is 1. The number of benzene rings is 1. The molecular weight excluding hydrogens is 299 g/mol. The van der Waals surface area contributed by atoms with Gasteiger partial charge in [-0.05, 0) is 26.1 Å². The third kappa shape index (κ3) is 1.98. The summed E-state index contributed by atoms with van der Waals surface area (Å²) in [6, 6.07) is 3.20. The van der Waals surface area contributed by atoms with Crippen molar-refractivity contribution in [2.45, 2.75) is 13.0 Å². The molecule has 0 spiro atoms. The number of fused-ring (bicyclic) bond motifs is 1. The van der Waals surface area contributed by atoms with Gasteiger partial charge in [0.25, 0.3) is 0 Å². The molecule has 2 N–H and O–H groups in total. The van der Waals surface area contributed by atoms with Crippen molar-refractivity contribution in [3.8, 4) is 5.69 Å². The Morgan fingerprint density at radius 3 is 2.70 bits per heavy atom. The van der Waals surface area contributed by atoms with Crippen LogP contribution in [-0.4, -0.2) is 22.7 Å². The Bertz CT molecular complexity index is 691. The lowest BCUT2D eigenvalue weighted by Gasteiger charge is -2.10. The molecule has 1 aromatic heterocycles. The minimum Gasteiger partial charge on any atom is -0.324 e. The molecule has 0 aliphatic carbocycles. The number of likely N-dealkylation sites (N-methyl/N-ethyl adjacent to an activating group) is 1. The maximum atomic E-state index is 11.8. The molecule has 20 heavy (non-hydrogen) atoms. The zero-order valence-corrected chi connectivity index (χ0v) is 12.4. The summed E-state index contributed by atoms with van der Waals surface area (Å²) in [5.41, 5.74) is 2.97. The number of halogens is 2. The zero-order valence-electron chi connectivity index (χ0n) is 10.9. The molecule has 0 saturated heterocycles. The quantitative estimate of drug-likeness (QED) is 0.896. The van der Waals surface area contributed by atoms with Gasteiger partial charge >= 0.3 is 0 Å². The number of carbonyl (C=O) groups is 1. The normalized spacial score (nSPS) is 17.2. The largest absolute Gasteiger partial charge is 0.324 e. The second-order valence-corrected chi connectivity index (χ2v) is 5.42. The average molecular weight is 311 g/mol. The van der Waals surface area contributed by atoms with E-state index in [0.717, 1.165) is 16.9 Å². The highest BCUT2D eigenvalue weighted by molar-refractivity contribution is 6.33. The molecule has 0 saturated carbocycles. The fraction of sp³-hybridized carbons (Fsp3) is 0.231. The molecule has 0 radical (unpaired) electrons. The Morgan fingerprint density at radius 2 is 2.10 bits per heavy atom. The van der Waals surface area contributed by atoms with Crippen LogP contribution in [-0.2, 0) is 4.79 Å². The monoisotopic (exact) mass is 310 g/mol. The van der Waals surface area contributed by atoms with Gasteiger partial charge in [0.1, 0.15) is 6.04 Å². The van der Waals surface area contributed by atoms with Crippen LogP contribution in [0, 0.1) is 6.92 Å². The lowest BCUT2D eigenvalue weighted by molar-refractivity contribution is -0.117. The molecule has 3 rings (SSSR count). The van der Waals surface area contributed by atoms with Crippen molar-refractivity contribution in [3.63, 3.8) is 0 Å². The van der Waals surface area contributed by atoms with Gasteiger partial charge in [-0.15, -0.1) is 0 Å². The molecule has 7 heteroatoms. The van der Waals surface area contributed by atoms with Crippen molar-refractivity contribution in [1.29, 1.82) is 0 Å². The SMILES string of the molecule is CNC1C(=O)Nc2cc(-n3cc(Cl)c(C)n3)c(Cl)cc21. The van der Waals surface area contributed by atoms with Crippen LogP contribution in [0.15, 0.2) is 18.3 Å². The summed E-state index contributed by atoms with van der Waals surface area (Å²) in [4.78, 5) is 11.8. The second kappa shape index (κ2) is 4.77.